The van der Waals surface area contributed by atoms with Crippen molar-refractivity contribution >= 4 is 11.9 Å². The zero-order chi connectivity index (χ0) is 51.1. The molecule has 1 fully saturated rings. The quantitative estimate of drug-likeness (QED) is 0.0195. The van der Waals surface area contributed by atoms with Crippen LogP contribution in [0, 0.1) is 0 Å². The van der Waals surface area contributed by atoms with E-state index in [0.717, 1.165) is 77.0 Å². The van der Waals surface area contributed by atoms with Crippen LogP contribution < -0.4 is 5.32 Å². The molecule has 410 valence electrons. The molecule has 0 radical (unpaired) electrons. The molecule has 70 heavy (non-hydrogen) atoms. The van der Waals surface area contributed by atoms with E-state index in [4.69, 9.17) is 14.2 Å². The van der Waals surface area contributed by atoms with Crippen molar-refractivity contribution < 1.29 is 49.3 Å². The van der Waals surface area contributed by atoms with Gasteiger partial charge < -0.3 is 45.1 Å². The van der Waals surface area contributed by atoms with Gasteiger partial charge in [0.25, 0.3) is 0 Å². The Morgan fingerprint density at radius 3 is 1.49 bits per heavy atom. The standard InChI is InChI=1S/C59H109NO10/c1-4-7-10-13-16-19-22-25-26-27-28-29-32-35-38-41-44-47-54(64)70-57-56(66)55(65)53(48-61)69-59(57)68-49-50(51(62)45-42-39-36-33-30-23-20-17-14-11-8-5-2)60-58(67)52(63)46-43-40-37-34-31-24-21-18-15-12-9-6-3/h16,19,25-26,42,45,50-53,55-57,59,61-63,65-66H,4-15,17-18,20-24,27-41,43-44,46-49H2,1-3H3,(H,60,67)/b19-16-,26-25-,45-42+. The molecule has 11 nitrogen and oxygen atoms in total. The van der Waals surface area contributed by atoms with Crippen LogP contribution in [0.3, 0.4) is 0 Å². The van der Waals surface area contributed by atoms with Gasteiger partial charge >= 0.3 is 5.97 Å². The molecule has 6 N–H and O–H groups in total. The summed E-state index contributed by atoms with van der Waals surface area (Å²) in [6.45, 7) is 5.75. The zero-order valence-electron chi connectivity index (χ0n) is 45.1. The summed E-state index contributed by atoms with van der Waals surface area (Å²) in [6, 6.07) is -1.02. The van der Waals surface area contributed by atoms with E-state index >= 15 is 0 Å². The minimum absolute atomic E-state index is 0.117. The summed E-state index contributed by atoms with van der Waals surface area (Å²) in [4.78, 5) is 26.4. The zero-order valence-corrected chi connectivity index (χ0v) is 45.1. The van der Waals surface area contributed by atoms with Crippen LogP contribution in [0.1, 0.15) is 265 Å². The van der Waals surface area contributed by atoms with Crippen LogP contribution in [0.25, 0.3) is 0 Å². The molecule has 1 heterocycles. The van der Waals surface area contributed by atoms with E-state index in [2.05, 4.69) is 50.4 Å². The molecule has 0 aromatic heterocycles. The second-order valence-corrected chi connectivity index (χ2v) is 20.4. The van der Waals surface area contributed by atoms with Gasteiger partial charge in [0.2, 0.25) is 5.91 Å². The fourth-order valence-corrected chi connectivity index (χ4v) is 9.09. The van der Waals surface area contributed by atoms with Crippen LogP contribution in [0.15, 0.2) is 36.5 Å². The van der Waals surface area contributed by atoms with E-state index in [1.807, 2.05) is 6.08 Å². The number of unbranched alkanes of at least 4 members (excludes halogenated alkanes) is 31. The van der Waals surface area contributed by atoms with Crippen LogP contribution in [0.5, 0.6) is 0 Å². The molecule has 0 saturated carbocycles. The highest BCUT2D eigenvalue weighted by Crippen LogP contribution is 2.26. The van der Waals surface area contributed by atoms with Crippen molar-refractivity contribution in [3.05, 3.63) is 36.5 Å². The number of esters is 1. The van der Waals surface area contributed by atoms with Gasteiger partial charge in [-0.25, -0.2) is 0 Å². The van der Waals surface area contributed by atoms with Crippen LogP contribution >= 0.6 is 0 Å². The molecule has 0 aromatic rings. The van der Waals surface area contributed by atoms with E-state index in [-0.39, 0.29) is 13.0 Å². The number of hydrogen-bond acceptors (Lipinski definition) is 10. The molecule has 1 saturated heterocycles. The van der Waals surface area contributed by atoms with E-state index in [9.17, 15) is 35.1 Å². The minimum Gasteiger partial charge on any atom is -0.454 e. The largest absolute Gasteiger partial charge is 0.454 e. The van der Waals surface area contributed by atoms with Gasteiger partial charge in [-0.2, -0.15) is 0 Å². The molecule has 1 aliphatic rings. The molecule has 1 rings (SSSR count). The van der Waals surface area contributed by atoms with Crippen molar-refractivity contribution in [3.8, 4) is 0 Å². The van der Waals surface area contributed by atoms with Crippen molar-refractivity contribution in [1.29, 1.82) is 0 Å². The van der Waals surface area contributed by atoms with Gasteiger partial charge in [0, 0.05) is 6.42 Å². The highest BCUT2D eigenvalue weighted by molar-refractivity contribution is 5.80. The number of carbonyl (C=O) groups excluding carboxylic acids is 2. The number of ether oxygens (including phenoxy) is 3. The Morgan fingerprint density at radius 2 is 0.986 bits per heavy atom. The first-order valence-corrected chi connectivity index (χ1v) is 29.3. The maximum absolute atomic E-state index is 13.4. The lowest BCUT2D eigenvalue weighted by Crippen LogP contribution is -2.61. The van der Waals surface area contributed by atoms with Gasteiger partial charge in [0.1, 0.15) is 24.4 Å². The lowest BCUT2D eigenvalue weighted by molar-refractivity contribution is -0.305. The molecule has 8 unspecified atom stereocenters. The second kappa shape index (κ2) is 47.9. The molecule has 1 aliphatic heterocycles. The molecule has 0 aliphatic carbocycles. The Labute approximate surface area is 428 Å². The Morgan fingerprint density at radius 1 is 0.557 bits per heavy atom. The van der Waals surface area contributed by atoms with Crippen LogP contribution in [-0.2, 0) is 23.8 Å². The number of hydrogen-bond donors (Lipinski definition) is 6. The lowest BCUT2D eigenvalue weighted by Gasteiger charge is -2.41. The van der Waals surface area contributed by atoms with E-state index in [0.29, 0.717) is 19.3 Å². The fourth-order valence-electron chi connectivity index (χ4n) is 9.09. The topological polar surface area (TPSA) is 175 Å². The van der Waals surface area contributed by atoms with Crippen molar-refractivity contribution in [2.75, 3.05) is 13.2 Å². The molecule has 0 aromatic carbocycles. The SMILES string of the molecule is CCCCC/C=C\C/C=C\CCCCCCCCCC(=O)OC1C(OCC(NC(=O)C(O)CCCCCCCCCCCCCC)C(O)/C=C/CCCCCCCCCCCC)OC(CO)C(O)C1O. The average molecular weight is 993 g/mol. The Hall–Kier alpha value is -2.12. The third kappa shape index (κ3) is 35.9. The Kier molecular flexibility index (Phi) is 45.1. The van der Waals surface area contributed by atoms with Crippen molar-refractivity contribution in [2.45, 2.75) is 314 Å². The normalized spacial score (nSPS) is 19.9. The summed E-state index contributed by atoms with van der Waals surface area (Å²) >= 11 is 0. The number of allylic oxidation sites excluding steroid dienone is 5. The van der Waals surface area contributed by atoms with Crippen LogP contribution in [0.2, 0.25) is 0 Å². The first kappa shape index (κ1) is 65.9. The Bertz CT molecular complexity index is 1280. The number of rotatable bonds is 49. The molecule has 0 spiro atoms. The van der Waals surface area contributed by atoms with E-state index < -0.39 is 67.4 Å². The summed E-state index contributed by atoms with van der Waals surface area (Å²) in [5.74, 6) is -1.20. The molecular formula is C59H109NO10. The number of aliphatic hydroxyl groups is 5. The smallest absolute Gasteiger partial charge is 0.306 e. The summed E-state index contributed by atoms with van der Waals surface area (Å²) in [5.41, 5.74) is 0. The predicted molar refractivity (Wildman–Crippen MR) is 287 cm³/mol. The van der Waals surface area contributed by atoms with Gasteiger partial charge in [0.15, 0.2) is 12.4 Å². The van der Waals surface area contributed by atoms with Gasteiger partial charge in [-0.05, 0) is 57.8 Å². The summed E-state index contributed by atoms with van der Waals surface area (Å²) < 4.78 is 17.6. The number of nitrogens with one attached hydrogen (secondary N) is 1. The van der Waals surface area contributed by atoms with Crippen molar-refractivity contribution in [1.82, 2.24) is 5.32 Å². The maximum Gasteiger partial charge on any atom is 0.306 e. The number of aliphatic hydroxyl groups excluding tert-OH is 5. The van der Waals surface area contributed by atoms with Gasteiger partial charge in [-0.1, -0.05) is 237 Å². The summed E-state index contributed by atoms with van der Waals surface area (Å²) in [6.07, 6.45) is 44.7. The monoisotopic (exact) mass is 992 g/mol. The van der Waals surface area contributed by atoms with Crippen molar-refractivity contribution in [3.63, 3.8) is 0 Å². The average Bonchev–Trinajstić information content (AvgIpc) is 3.36. The number of amides is 1. The third-order valence-electron chi connectivity index (χ3n) is 13.8. The highest BCUT2D eigenvalue weighted by atomic mass is 16.7. The predicted octanol–water partition coefficient (Wildman–Crippen LogP) is 13.1. The van der Waals surface area contributed by atoms with E-state index in [1.165, 1.54) is 141 Å². The molecule has 11 heteroatoms. The van der Waals surface area contributed by atoms with Gasteiger partial charge in [0.05, 0.1) is 25.4 Å². The lowest BCUT2D eigenvalue weighted by atomic mass is 9.99. The van der Waals surface area contributed by atoms with Crippen molar-refractivity contribution in [2.24, 2.45) is 0 Å². The summed E-state index contributed by atoms with van der Waals surface area (Å²) in [7, 11) is 0. The highest BCUT2D eigenvalue weighted by Gasteiger charge is 2.47. The first-order valence-electron chi connectivity index (χ1n) is 29.3. The fraction of sp³-hybridized carbons (Fsp3) is 0.864. The molecular weight excluding hydrogens is 883 g/mol. The molecule has 1 amide bonds. The summed E-state index contributed by atoms with van der Waals surface area (Å²) in [5, 5.41) is 56.8. The Balaban J connectivity index is 2.71. The first-order chi connectivity index (χ1) is 34.2. The third-order valence-corrected chi connectivity index (χ3v) is 13.8. The molecule has 8 atom stereocenters. The molecule has 0 bridgehead atoms. The number of carbonyl (C=O) groups is 2. The second-order valence-electron chi connectivity index (χ2n) is 20.4. The van der Waals surface area contributed by atoms with Crippen LogP contribution in [0.4, 0.5) is 0 Å². The van der Waals surface area contributed by atoms with Crippen LogP contribution in [-0.4, -0.2) is 99.6 Å². The van der Waals surface area contributed by atoms with Gasteiger partial charge in [-0.3, -0.25) is 9.59 Å². The minimum atomic E-state index is -1.61. The maximum atomic E-state index is 13.4. The van der Waals surface area contributed by atoms with Gasteiger partial charge in [-0.15, -0.1) is 0 Å². The van der Waals surface area contributed by atoms with E-state index in [1.54, 1.807) is 6.08 Å².